The molecule has 2 aromatic heterocycles. The van der Waals surface area contributed by atoms with Crippen molar-refractivity contribution in [3.05, 3.63) is 193 Å². The highest BCUT2D eigenvalue weighted by Gasteiger charge is 2.22. The summed E-state index contributed by atoms with van der Waals surface area (Å²) in [6.45, 7) is 0. The molecule has 4 nitrogen and oxygen atoms in total. The number of aromatic nitrogens is 2. The molecule has 10 rings (SSSR count). The molecule has 0 fully saturated rings. The first kappa shape index (κ1) is 31.1. The lowest BCUT2D eigenvalue weighted by atomic mass is 9.88. The lowest BCUT2D eigenvalue weighted by Crippen LogP contribution is -1.97. The molecular weight excluding hydrogens is 657 g/mol. The van der Waals surface area contributed by atoms with Gasteiger partial charge in [0.15, 0.2) is 0 Å². The quantitative estimate of drug-likeness (QED) is 0.181. The Kier molecular flexibility index (Phi) is 7.22. The molecule has 0 saturated heterocycles. The van der Waals surface area contributed by atoms with Crippen LogP contribution in [0.2, 0.25) is 0 Å². The Morgan fingerprint density at radius 3 is 1.41 bits per heavy atom. The van der Waals surface area contributed by atoms with Gasteiger partial charge in [0.25, 0.3) is 0 Å². The molecule has 2 heterocycles. The normalized spacial score (nSPS) is 11.3. The molecule has 0 N–H and O–H groups in total. The number of benzene rings is 8. The molecule has 0 radical (unpaired) electrons. The van der Waals surface area contributed by atoms with Crippen molar-refractivity contribution in [1.82, 2.24) is 9.13 Å². The van der Waals surface area contributed by atoms with Gasteiger partial charge < -0.3 is 9.13 Å². The van der Waals surface area contributed by atoms with E-state index in [9.17, 15) is 10.5 Å². The summed E-state index contributed by atoms with van der Waals surface area (Å²) >= 11 is 0. The minimum atomic E-state index is 0.621. The molecule has 0 amide bonds. The number of hydrogen-bond donors (Lipinski definition) is 0. The van der Waals surface area contributed by atoms with Gasteiger partial charge in [0.1, 0.15) is 0 Å². The van der Waals surface area contributed by atoms with Crippen LogP contribution in [-0.2, 0) is 0 Å². The van der Waals surface area contributed by atoms with Crippen molar-refractivity contribution < 1.29 is 0 Å². The summed E-state index contributed by atoms with van der Waals surface area (Å²) < 4.78 is 4.64. The third-order valence-corrected chi connectivity index (χ3v) is 10.6. The van der Waals surface area contributed by atoms with Crippen LogP contribution in [0.3, 0.4) is 0 Å². The fourth-order valence-corrected chi connectivity index (χ4v) is 8.33. The van der Waals surface area contributed by atoms with Crippen molar-refractivity contribution in [3.8, 4) is 56.9 Å². The fourth-order valence-electron chi connectivity index (χ4n) is 8.33. The number of nitriles is 2. The number of nitrogens with zero attached hydrogens (tertiary/aromatic N) is 4. The zero-order chi connectivity index (χ0) is 36.2. The molecule has 10 aromatic rings. The van der Waals surface area contributed by atoms with Crippen LogP contribution in [0, 0.1) is 22.7 Å². The van der Waals surface area contributed by atoms with Gasteiger partial charge in [-0.3, -0.25) is 0 Å². The highest BCUT2D eigenvalue weighted by Crippen LogP contribution is 2.45. The lowest BCUT2D eigenvalue weighted by molar-refractivity contribution is 1.18. The van der Waals surface area contributed by atoms with Crippen molar-refractivity contribution in [2.45, 2.75) is 0 Å². The lowest BCUT2D eigenvalue weighted by Gasteiger charge is -2.18. The topological polar surface area (TPSA) is 57.4 Å². The molecule has 0 aliphatic heterocycles. The number of hydrogen-bond acceptors (Lipinski definition) is 2. The minimum absolute atomic E-state index is 0.621. The first-order valence-corrected chi connectivity index (χ1v) is 18.0. The average Bonchev–Trinajstić information content (AvgIpc) is 3.77. The number of rotatable bonds is 5. The summed E-state index contributed by atoms with van der Waals surface area (Å²) in [5, 5.41) is 24.2. The standard InChI is InChI=1S/C50H30N4/c51-31-33-13-10-16-36(29-33)54-47-26-9-8-21-41(47)44-24-11-22-42(49(44)54)39-19-6-4-17-37(39)38-18-5-7-20-40(38)43-23-12-25-45-46-30-34(32-52)27-28-48(46)53(50(43)45)35-14-2-1-3-15-35/h1-30H. The van der Waals surface area contributed by atoms with E-state index in [4.69, 9.17) is 0 Å². The number of fused-ring (bicyclic) bond motifs is 6. The van der Waals surface area contributed by atoms with Gasteiger partial charge >= 0.3 is 0 Å². The molecule has 0 aliphatic rings. The average molecular weight is 687 g/mol. The summed E-state index contributed by atoms with van der Waals surface area (Å²) in [5.41, 5.74) is 14.3. The zero-order valence-corrected chi connectivity index (χ0v) is 29.1. The predicted molar refractivity (Wildman–Crippen MR) is 221 cm³/mol. The van der Waals surface area contributed by atoms with Gasteiger partial charge in [0.2, 0.25) is 0 Å². The SMILES string of the molecule is N#Cc1cccc(-n2c3ccccc3c3cccc(-c4ccccc4-c4ccccc4-c4cccc5c6cc(C#N)ccc6n(-c6ccccc6)c45)c32)c1. The molecule has 54 heavy (non-hydrogen) atoms. The summed E-state index contributed by atoms with van der Waals surface area (Å²) in [7, 11) is 0. The van der Waals surface area contributed by atoms with Gasteiger partial charge in [0.05, 0.1) is 45.3 Å². The Bertz CT molecular complexity index is 3190. The third-order valence-electron chi connectivity index (χ3n) is 10.6. The molecule has 4 heteroatoms. The summed E-state index contributed by atoms with van der Waals surface area (Å²) in [6, 6.07) is 67.9. The van der Waals surface area contributed by atoms with Gasteiger partial charge in [-0.2, -0.15) is 10.5 Å². The maximum absolute atomic E-state index is 9.85. The third kappa shape index (κ3) is 4.76. The van der Waals surface area contributed by atoms with E-state index in [2.05, 4.69) is 167 Å². The second kappa shape index (κ2) is 12.5. The second-order valence-corrected chi connectivity index (χ2v) is 13.5. The zero-order valence-electron chi connectivity index (χ0n) is 29.1. The van der Waals surface area contributed by atoms with E-state index in [1.165, 1.54) is 0 Å². The smallest absolute Gasteiger partial charge is 0.0992 e. The maximum Gasteiger partial charge on any atom is 0.0992 e. The maximum atomic E-state index is 9.85. The van der Waals surface area contributed by atoms with E-state index >= 15 is 0 Å². The monoisotopic (exact) mass is 686 g/mol. The van der Waals surface area contributed by atoms with Crippen LogP contribution in [0.1, 0.15) is 11.1 Å². The van der Waals surface area contributed by atoms with E-state index in [0.717, 1.165) is 88.4 Å². The van der Waals surface area contributed by atoms with Crippen LogP contribution in [0.15, 0.2) is 182 Å². The summed E-state index contributed by atoms with van der Waals surface area (Å²) in [4.78, 5) is 0. The highest BCUT2D eigenvalue weighted by molar-refractivity contribution is 6.17. The molecule has 0 bridgehead atoms. The Labute approximate surface area is 312 Å². The van der Waals surface area contributed by atoms with E-state index < -0.39 is 0 Å². The second-order valence-electron chi connectivity index (χ2n) is 13.5. The molecule has 0 saturated carbocycles. The van der Waals surface area contributed by atoms with Crippen LogP contribution in [0.5, 0.6) is 0 Å². The molecule has 0 atom stereocenters. The van der Waals surface area contributed by atoms with Crippen molar-refractivity contribution in [1.29, 1.82) is 10.5 Å². The van der Waals surface area contributed by atoms with Crippen LogP contribution in [0.25, 0.3) is 88.4 Å². The molecule has 250 valence electrons. The van der Waals surface area contributed by atoms with Crippen LogP contribution in [0.4, 0.5) is 0 Å². The van der Waals surface area contributed by atoms with Crippen molar-refractivity contribution in [3.63, 3.8) is 0 Å². The first-order valence-electron chi connectivity index (χ1n) is 18.0. The fraction of sp³-hybridized carbons (Fsp3) is 0. The van der Waals surface area contributed by atoms with Crippen molar-refractivity contribution in [2.75, 3.05) is 0 Å². The Hall–Kier alpha value is -7.66. The summed E-state index contributed by atoms with van der Waals surface area (Å²) in [5.74, 6) is 0. The van der Waals surface area contributed by atoms with Gasteiger partial charge in [0, 0.05) is 44.0 Å². The van der Waals surface area contributed by atoms with Gasteiger partial charge in [-0.25, -0.2) is 0 Å². The van der Waals surface area contributed by atoms with Gasteiger partial charge in [-0.1, -0.05) is 127 Å². The van der Waals surface area contributed by atoms with E-state index in [0.29, 0.717) is 11.1 Å². The van der Waals surface area contributed by atoms with E-state index in [-0.39, 0.29) is 0 Å². The van der Waals surface area contributed by atoms with Crippen molar-refractivity contribution >= 4 is 43.6 Å². The Morgan fingerprint density at radius 1 is 0.315 bits per heavy atom. The highest BCUT2D eigenvalue weighted by atomic mass is 15.0. The van der Waals surface area contributed by atoms with Crippen LogP contribution >= 0.6 is 0 Å². The predicted octanol–water partition coefficient (Wildman–Crippen LogP) is 12.6. The largest absolute Gasteiger partial charge is 0.309 e. The van der Waals surface area contributed by atoms with Crippen LogP contribution < -0.4 is 0 Å². The summed E-state index contributed by atoms with van der Waals surface area (Å²) in [6.07, 6.45) is 0. The first-order chi connectivity index (χ1) is 26.7. The molecular formula is C50H30N4. The van der Waals surface area contributed by atoms with E-state index in [1.807, 2.05) is 36.4 Å². The van der Waals surface area contributed by atoms with E-state index in [1.54, 1.807) is 0 Å². The van der Waals surface area contributed by atoms with Gasteiger partial charge in [-0.05, 0) is 76.9 Å². The molecule has 8 aromatic carbocycles. The van der Waals surface area contributed by atoms with Crippen molar-refractivity contribution in [2.24, 2.45) is 0 Å². The Morgan fingerprint density at radius 2 is 0.759 bits per heavy atom. The molecule has 0 spiro atoms. The molecule has 0 unspecified atom stereocenters. The Balaban J connectivity index is 1.26. The van der Waals surface area contributed by atoms with Gasteiger partial charge in [-0.15, -0.1) is 0 Å². The van der Waals surface area contributed by atoms with Crippen LogP contribution in [-0.4, -0.2) is 9.13 Å². The minimum Gasteiger partial charge on any atom is -0.309 e. The number of para-hydroxylation sites is 4. The molecule has 0 aliphatic carbocycles.